The Morgan fingerprint density at radius 1 is 0.811 bits per heavy atom. The summed E-state index contributed by atoms with van der Waals surface area (Å²) in [4.78, 5) is 56.0. The minimum atomic E-state index is -0.925. The van der Waals surface area contributed by atoms with Crippen molar-refractivity contribution in [3.05, 3.63) is 29.3 Å². The molecule has 0 aliphatic carbocycles. The van der Waals surface area contributed by atoms with Gasteiger partial charge in [-0.05, 0) is 101 Å². The fourth-order valence-electron chi connectivity index (χ4n) is 7.13. The van der Waals surface area contributed by atoms with Gasteiger partial charge < -0.3 is 15.1 Å². The van der Waals surface area contributed by atoms with Crippen LogP contribution in [0.25, 0.3) is 0 Å². The Kier molecular flexibility index (Phi) is 6.75. The Hall–Kier alpha value is -2.78. The Bertz CT molecular complexity index is 1080. The number of carbonyl (C=O) groups excluding carboxylic acids is 4. The van der Waals surface area contributed by atoms with Crippen molar-refractivity contribution in [1.29, 1.82) is 0 Å². The van der Waals surface area contributed by atoms with E-state index >= 15 is 0 Å². The summed E-state index contributed by atoms with van der Waals surface area (Å²) in [6.07, 6.45) is 6.53. The summed E-state index contributed by atoms with van der Waals surface area (Å²) in [6.45, 7) is 7.96. The van der Waals surface area contributed by atoms with Gasteiger partial charge in [0.1, 0.15) is 6.04 Å². The standard InChI is InChI=1S/C28H37N5O4/c34-25-4-3-24(26(35)30-25)33-27(36)22-2-1-21(15-23(22)28(33)37)32-13-8-20(9-14-32)19-6-11-31(12-7-19)17-18-5-10-29-16-18/h1-2,15,18-20,24,29H,3-14,16-17H2,(H,30,34,35). The summed E-state index contributed by atoms with van der Waals surface area (Å²) in [5, 5.41) is 5.73. The lowest BCUT2D eigenvalue weighted by atomic mass is 9.78. The number of nitrogens with one attached hydrogen (secondary N) is 2. The van der Waals surface area contributed by atoms with Crippen LogP contribution in [0.4, 0.5) is 5.69 Å². The van der Waals surface area contributed by atoms with Crippen molar-refractivity contribution in [2.75, 3.05) is 50.7 Å². The van der Waals surface area contributed by atoms with Crippen molar-refractivity contribution in [3.63, 3.8) is 0 Å². The maximum Gasteiger partial charge on any atom is 0.262 e. The van der Waals surface area contributed by atoms with E-state index in [2.05, 4.69) is 20.4 Å². The number of imide groups is 2. The van der Waals surface area contributed by atoms with Gasteiger partial charge in [-0.15, -0.1) is 0 Å². The number of likely N-dealkylation sites (tertiary alicyclic amines) is 1. The summed E-state index contributed by atoms with van der Waals surface area (Å²) < 4.78 is 0. The number of piperidine rings is 3. The molecule has 0 aromatic heterocycles. The topological polar surface area (TPSA) is 102 Å². The number of rotatable bonds is 5. The van der Waals surface area contributed by atoms with Crippen LogP contribution >= 0.6 is 0 Å². The lowest BCUT2D eigenvalue weighted by molar-refractivity contribution is -0.136. The van der Waals surface area contributed by atoms with Crippen molar-refractivity contribution in [2.24, 2.45) is 17.8 Å². The molecule has 4 saturated heterocycles. The Morgan fingerprint density at radius 3 is 2.19 bits per heavy atom. The maximum atomic E-state index is 13.2. The Morgan fingerprint density at radius 2 is 1.51 bits per heavy atom. The normalized spacial score (nSPS) is 28.2. The van der Waals surface area contributed by atoms with Crippen molar-refractivity contribution in [3.8, 4) is 0 Å². The monoisotopic (exact) mass is 507 g/mol. The first-order valence-electron chi connectivity index (χ1n) is 14.0. The molecule has 198 valence electrons. The number of hydrogen-bond acceptors (Lipinski definition) is 7. The largest absolute Gasteiger partial charge is 0.371 e. The average Bonchev–Trinajstić information content (AvgIpc) is 3.51. The molecular formula is C28H37N5O4. The highest BCUT2D eigenvalue weighted by Gasteiger charge is 2.45. The van der Waals surface area contributed by atoms with Crippen LogP contribution < -0.4 is 15.5 Å². The lowest BCUT2D eigenvalue weighted by Crippen LogP contribution is -2.54. The molecule has 9 heteroatoms. The quantitative estimate of drug-likeness (QED) is 0.584. The van der Waals surface area contributed by atoms with E-state index in [1.165, 1.54) is 52.0 Å². The third kappa shape index (κ3) is 4.79. The smallest absolute Gasteiger partial charge is 0.262 e. The molecule has 0 bridgehead atoms. The Labute approximate surface area is 217 Å². The van der Waals surface area contributed by atoms with Crippen LogP contribution in [0, 0.1) is 17.8 Å². The molecule has 1 aromatic rings. The van der Waals surface area contributed by atoms with Gasteiger partial charge in [-0.2, -0.15) is 0 Å². The van der Waals surface area contributed by atoms with Gasteiger partial charge in [-0.3, -0.25) is 29.4 Å². The molecule has 0 saturated carbocycles. The van der Waals surface area contributed by atoms with Crippen molar-refractivity contribution < 1.29 is 19.2 Å². The van der Waals surface area contributed by atoms with E-state index in [4.69, 9.17) is 0 Å². The number of amides is 4. The summed E-state index contributed by atoms with van der Waals surface area (Å²) >= 11 is 0. The number of benzene rings is 1. The molecular weight excluding hydrogens is 470 g/mol. The van der Waals surface area contributed by atoms with Crippen LogP contribution in [-0.4, -0.2) is 85.3 Å². The third-order valence-corrected chi connectivity index (χ3v) is 9.31. The summed E-state index contributed by atoms with van der Waals surface area (Å²) in [6, 6.07) is 4.54. The SMILES string of the molecule is O=C1CCC(N2C(=O)c3ccc(N4CCC(C5CCN(CC6CCNC6)CC5)CC4)cc3C2=O)C(=O)N1. The van der Waals surface area contributed by atoms with Gasteiger partial charge in [0.15, 0.2) is 0 Å². The number of carbonyl (C=O) groups is 4. The first kappa shape index (κ1) is 24.6. The molecule has 9 nitrogen and oxygen atoms in total. The molecule has 5 heterocycles. The molecule has 2 atom stereocenters. The second kappa shape index (κ2) is 10.2. The Balaban J connectivity index is 1.04. The molecule has 37 heavy (non-hydrogen) atoms. The first-order chi connectivity index (χ1) is 18.0. The van der Waals surface area contributed by atoms with Gasteiger partial charge in [-0.1, -0.05) is 0 Å². The van der Waals surface area contributed by atoms with E-state index in [0.29, 0.717) is 11.1 Å². The van der Waals surface area contributed by atoms with Crippen LogP contribution in [0.5, 0.6) is 0 Å². The predicted molar refractivity (Wildman–Crippen MR) is 138 cm³/mol. The molecule has 4 amide bonds. The minimum Gasteiger partial charge on any atom is -0.371 e. The number of hydrogen-bond donors (Lipinski definition) is 2. The van der Waals surface area contributed by atoms with E-state index in [0.717, 1.165) is 54.3 Å². The molecule has 2 N–H and O–H groups in total. The van der Waals surface area contributed by atoms with Crippen LogP contribution in [0.2, 0.25) is 0 Å². The summed E-state index contributed by atoms with van der Waals surface area (Å²) in [7, 11) is 0. The van der Waals surface area contributed by atoms with E-state index < -0.39 is 23.8 Å². The van der Waals surface area contributed by atoms with Gasteiger partial charge in [0, 0.05) is 31.7 Å². The zero-order chi connectivity index (χ0) is 25.5. The highest BCUT2D eigenvalue weighted by atomic mass is 16.2. The first-order valence-corrected chi connectivity index (χ1v) is 14.0. The maximum absolute atomic E-state index is 13.2. The highest BCUT2D eigenvalue weighted by Crippen LogP contribution is 2.36. The van der Waals surface area contributed by atoms with Gasteiger partial charge >= 0.3 is 0 Å². The molecule has 6 rings (SSSR count). The molecule has 0 radical (unpaired) electrons. The molecule has 4 fully saturated rings. The third-order valence-electron chi connectivity index (χ3n) is 9.31. The number of anilines is 1. The average molecular weight is 508 g/mol. The zero-order valence-corrected chi connectivity index (χ0v) is 21.4. The number of nitrogens with zero attached hydrogens (tertiary/aromatic N) is 3. The van der Waals surface area contributed by atoms with Crippen LogP contribution in [0.1, 0.15) is 65.7 Å². The van der Waals surface area contributed by atoms with Gasteiger partial charge in [0.2, 0.25) is 11.8 Å². The van der Waals surface area contributed by atoms with Crippen molar-refractivity contribution in [1.82, 2.24) is 20.4 Å². The van der Waals surface area contributed by atoms with Crippen LogP contribution in [-0.2, 0) is 9.59 Å². The zero-order valence-electron chi connectivity index (χ0n) is 21.4. The van der Waals surface area contributed by atoms with Crippen LogP contribution in [0.3, 0.4) is 0 Å². The van der Waals surface area contributed by atoms with Crippen molar-refractivity contribution in [2.45, 2.75) is 51.0 Å². The molecule has 0 spiro atoms. The molecule has 5 aliphatic heterocycles. The van der Waals surface area contributed by atoms with E-state index in [-0.39, 0.29) is 18.7 Å². The van der Waals surface area contributed by atoms with Gasteiger partial charge in [0.05, 0.1) is 11.1 Å². The van der Waals surface area contributed by atoms with E-state index in [1.54, 1.807) is 6.07 Å². The summed E-state index contributed by atoms with van der Waals surface area (Å²) in [5.74, 6) is 0.561. The number of fused-ring (bicyclic) bond motifs is 1. The fraction of sp³-hybridized carbons (Fsp3) is 0.643. The van der Waals surface area contributed by atoms with E-state index in [1.807, 2.05) is 12.1 Å². The minimum absolute atomic E-state index is 0.126. The van der Waals surface area contributed by atoms with Crippen LogP contribution in [0.15, 0.2) is 18.2 Å². The summed E-state index contributed by atoms with van der Waals surface area (Å²) in [5.41, 5.74) is 1.66. The van der Waals surface area contributed by atoms with Crippen molar-refractivity contribution >= 4 is 29.3 Å². The lowest BCUT2D eigenvalue weighted by Gasteiger charge is -2.41. The molecule has 5 aliphatic rings. The van der Waals surface area contributed by atoms with Gasteiger partial charge in [0.25, 0.3) is 11.8 Å². The van der Waals surface area contributed by atoms with E-state index in [9.17, 15) is 19.2 Å². The predicted octanol–water partition coefficient (Wildman–Crippen LogP) is 1.63. The highest BCUT2D eigenvalue weighted by molar-refractivity contribution is 6.23. The fourth-order valence-corrected chi connectivity index (χ4v) is 7.13. The second-order valence-electron chi connectivity index (χ2n) is 11.5. The molecule has 1 aromatic carbocycles. The molecule has 2 unspecified atom stereocenters. The van der Waals surface area contributed by atoms with Gasteiger partial charge in [-0.25, -0.2) is 0 Å². The second-order valence-corrected chi connectivity index (χ2v) is 11.5.